The molecular formula is C26H30ClFN2O4S. The SMILES string of the molecule is CN1[C@H](C2CCCCC2)CN(C2CCC2)c2cc(Cl)c(-c3ccc(F)c(C(=O)O)c3)cc2S1(=O)=O. The highest BCUT2D eigenvalue weighted by molar-refractivity contribution is 7.89. The van der Waals surface area contributed by atoms with Crippen molar-refractivity contribution in [3.8, 4) is 11.1 Å². The molecular weight excluding hydrogens is 491 g/mol. The lowest BCUT2D eigenvalue weighted by Crippen LogP contribution is -2.50. The topological polar surface area (TPSA) is 77.9 Å². The van der Waals surface area contributed by atoms with E-state index in [4.69, 9.17) is 11.6 Å². The van der Waals surface area contributed by atoms with Gasteiger partial charge in [-0.15, -0.1) is 0 Å². The quantitative estimate of drug-likeness (QED) is 0.552. The molecule has 1 N–H and O–H groups in total. The van der Waals surface area contributed by atoms with E-state index in [0.717, 1.165) is 51.0 Å². The van der Waals surface area contributed by atoms with Crippen molar-refractivity contribution in [2.24, 2.45) is 5.92 Å². The van der Waals surface area contributed by atoms with Gasteiger partial charge >= 0.3 is 5.97 Å². The number of carbonyl (C=O) groups is 1. The largest absolute Gasteiger partial charge is 0.478 e. The van der Waals surface area contributed by atoms with Gasteiger partial charge in [0.05, 0.1) is 16.3 Å². The van der Waals surface area contributed by atoms with Crippen LogP contribution in [0, 0.1) is 11.7 Å². The zero-order chi connectivity index (χ0) is 24.9. The van der Waals surface area contributed by atoms with E-state index < -0.39 is 27.4 Å². The first-order valence-electron chi connectivity index (χ1n) is 12.3. The zero-order valence-electron chi connectivity index (χ0n) is 19.7. The normalized spacial score (nSPS) is 23.4. The lowest BCUT2D eigenvalue weighted by molar-refractivity contribution is 0.0692. The van der Waals surface area contributed by atoms with Crippen molar-refractivity contribution in [2.45, 2.75) is 68.3 Å². The summed E-state index contributed by atoms with van der Waals surface area (Å²) in [6, 6.07) is 7.08. The number of nitrogens with zero attached hydrogens (tertiary/aromatic N) is 2. The number of halogens is 2. The highest BCUT2D eigenvalue weighted by Gasteiger charge is 2.43. The fraction of sp³-hybridized carbons (Fsp3) is 0.500. The highest BCUT2D eigenvalue weighted by Crippen LogP contribution is 2.45. The number of carboxylic acids is 1. The number of likely N-dealkylation sites (N-methyl/N-ethyl adjacent to an activating group) is 1. The summed E-state index contributed by atoms with van der Waals surface area (Å²) >= 11 is 6.69. The predicted octanol–water partition coefficient (Wildman–Crippen LogP) is 5.79. The third kappa shape index (κ3) is 4.34. The average Bonchev–Trinajstić information content (AvgIpc) is 2.87. The molecule has 2 fully saturated rings. The van der Waals surface area contributed by atoms with Crippen LogP contribution in [0.5, 0.6) is 0 Å². The molecule has 0 unspecified atom stereocenters. The molecule has 5 rings (SSSR count). The number of carboxylic acid groups (broad SMARTS) is 1. The first kappa shape index (κ1) is 24.5. The van der Waals surface area contributed by atoms with E-state index in [1.165, 1.54) is 24.6 Å². The van der Waals surface area contributed by atoms with Gasteiger partial charge in [0.1, 0.15) is 10.7 Å². The molecule has 35 heavy (non-hydrogen) atoms. The third-order valence-corrected chi connectivity index (χ3v) is 10.3. The van der Waals surface area contributed by atoms with Gasteiger partial charge in [-0.1, -0.05) is 36.9 Å². The van der Waals surface area contributed by atoms with Gasteiger partial charge in [0.25, 0.3) is 0 Å². The molecule has 6 nitrogen and oxygen atoms in total. The summed E-state index contributed by atoms with van der Waals surface area (Å²) in [5.74, 6) is -1.94. The number of hydrogen-bond acceptors (Lipinski definition) is 4. The van der Waals surface area contributed by atoms with Crippen LogP contribution in [0.2, 0.25) is 5.02 Å². The third-order valence-electron chi connectivity index (χ3n) is 8.08. The number of anilines is 1. The van der Waals surface area contributed by atoms with Crippen molar-refractivity contribution in [3.63, 3.8) is 0 Å². The number of benzene rings is 2. The van der Waals surface area contributed by atoms with E-state index >= 15 is 0 Å². The Hall–Kier alpha value is -2.16. The first-order chi connectivity index (χ1) is 16.7. The van der Waals surface area contributed by atoms with Crippen molar-refractivity contribution in [2.75, 3.05) is 18.5 Å². The molecule has 3 aliphatic rings. The first-order valence-corrected chi connectivity index (χ1v) is 14.1. The molecule has 1 aliphatic heterocycles. The number of hydrogen-bond donors (Lipinski definition) is 1. The lowest BCUT2D eigenvalue weighted by atomic mass is 9.82. The van der Waals surface area contributed by atoms with Gasteiger partial charge in [0.2, 0.25) is 10.0 Å². The number of sulfonamides is 1. The molecule has 2 aliphatic carbocycles. The van der Waals surface area contributed by atoms with Crippen molar-refractivity contribution in [3.05, 3.63) is 46.7 Å². The Balaban J connectivity index is 1.65. The molecule has 0 aromatic heterocycles. The summed E-state index contributed by atoms with van der Waals surface area (Å²) in [5, 5.41) is 9.66. The van der Waals surface area contributed by atoms with Gasteiger partial charge in [0.15, 0.2) is 0 Å². The summed E-state index contributed by atoms with van der Waals surface area (Å²) in [6.07, 6.45) is 8.64. The van der Waals surface area contributed by atoms with E-state index in [0.29, 0.717) is 34.3 Å². The second kappa shape index (κ2) is 9.37. The minimum absolute atomic E-state index is 0.125. The van der Waals surface area contributed by atoms with Crippen molar-refractivity contribution in [1.29, 1.82) is 0 Å². The van der Waals surface area contributed by atoms with Crippen LogP contribution in [0.15, 0.2) is 35.2 Å². The average molecular weight is 521 g/mol. The van der Waals surface area contributed by atoms with Crippen LogP contribution in [-0.4, -0.2) is 49.5 Å². The molecule has 2 aromatic rings. The second-order valence-corrected chi connectivity index (χ2v) is 12.4. The van der Waals surface area contributed by atoms with E-state index in [1.54, 1.807) is 17.4 Å². The molecule has 0 spiro atoms. The number of fused-ring (bicyclic) bond motifs is 1. The van der Waals surface area contributed by atoms with Gasteiger partial charge < -0.3 is 10.0 Å². The summed E-state index contributed by atoms with van der Waals surface area (Å²) in [4.78, 5) is 13.9. The van der Waals surface area contributed by atoms with Crippen molar-refractivity contribution in [1.82, 2.24) is 4.31 Å². The number of rotatable bonds is 4. The van der Waals surface area contributed by atoms with Crippen LogP contribution in [0.3, 0.4) is 0 Å². The highest BCUT2D eigenvalue weighted by atomic mass is 35.5. The van der Waals surface area contributed by atoms with Crippen LogP contribution in [0.25, 0.3) is 11.1 Å². The number of aromatic carboxylic acids is 1. The summed E-state index contributed by atoms with van der Waals surface area (Å²) in [7, 11) is -2.17. The Bertz CT molecular complexity index is 1260. The van der Waals surface area contributed by atoms with E-state index in [9.17, 15) is 22.7 Å². The van der Waals surface area contributed by atoms with Crippen LogP contribution in [0.4, 0.5) is 10.1 Å². The standard InChI is InChI=1S/C26H30ClFN2O4S/c1-29-24(16-6-3-2-4-7-16)15-30(18-8-5-9-18)23-14-21(27)19(13-25(23)35(29,33)34)17-10-11-22(28)20(12-17)26(31)32/h10-14,16,18,24H,2-9,15H2,1H3,(H,31,32)/t24-/m0/s1. The Labute approximate surface area is 210 Å². The van der Waals surface area contributed by atoms with E-state index in [2.05, 4.69) is 4.90 Å². The molecule has 0 radical (unpaired) electrons. The summed E-state index contributed by atoms with van der Waals surface area (Å²) in [5.41, 5.74) is 0.850. The molecule has 9 heteroatoms. The second-order valence-electron chi connectivity index (χ2n) is 10.0. The maximum Gasteiger partial charge on any atom is 0.338 e. The monoisotopic (exact) mass is 520 g/mol. The fourth-order valence-corrected chi connectivity index (χ4v) is 7.69. The molecule has 0 amide bonds. The molecule has 1 heterocycles. The van der Waals surface area contributed by atoms with E-state index in [-0.39, 0.29) is 17.0 Å². The Morgan fingerprint density at radius 1 is 1.06 bits per heavy atom. The maximum atomic E-state index is 14.0. The van der Waals surface area contributed by atoms with Crippen molar-refractivity contribution < 1.29 is 22.7 Å². The summed E-state index contributed by atoms with van der Waals surface area (Å²) in [6.45, 7) is 0.632. The van der Waals surface area contributed by atoms with Crippen LogP contribution in [-0.2, 0) is 10.0 Å². The molecule has 0 saturated heterocycles. The molecule has 2 saturated carbocycles. The van der Waals surface area contributed by atoms with Gasteiger partial charge in [-0.3, -0.25) is 0 Å². The Morgan fingerprint density at radius 2 is 1.77 bits per heavy atom. The van der Waals surface area contributed by atoms with Crippen LogP contribution in [0.1, 0.15) is 61.7 Å². The van der Waals surface area contributed by atoms with Gasteiger partial charge in [-0.05, 0) is 67.9 Å². The molecule has 1 atom stereocenters. The Kier molecular flexibility index (Phi) is 6.57. The minimum atomic E-state index is -3.85. The predicted molar refractivity (Wildman–Crippen MR) is 134 cm³/mol. The molecule has 0 bridgehead atoms. The summed E-state index contributed by atoms with van der Waals surface area (Å²) < 4.78 is 43.5. The fourth-order valence-electron chi connectivity index (χ4n) is 5.81. The van der Waals surface area contributed by atoms with Crippen molar-refractivity contribution >= 4 is 33.3 Å². The van der Waals surface area contributed by atoms with Gasteiger partial charge in [0, 0.05) is 31.2 Å². The molecule has 188 valence electrons. The minimum Gasteiger partial charge on any atom is -0.478 e. The van der Waals surface area contributed by atoms with Crippen LogP contribution >= 0.6 is 11.6 Å². The van der Waals surface area contributed by atoms with E-state index in [1.807, 2.05) is 0 Å². The lowest BCUT2D eigenvalue weighted by Gasteiger charge is -2.42. The van der Waals surface area contributed by atoms with Gasteiger partial charge in [-0.25, -0.2) is 17.6 Å². The van der Waals surface area contributed by atoms with Crippen LogP contribution < -0.4 is 4.90 Å². The maximum absolute atomic E-state index is 14.0. The molecule has 2 aromatic carbocycles. The van der Waals surface area contributed by atoms with Gasteiger partial charge in [-0.2, -0.15) is 4.31 Å². The Morgan fingerprint density at radius 3 is 2.40 bits per heavy atom. The smallest absolute Gasteiger partial charge is 0.338 e. The zero-order valence-corrected chi connectivity index (χ0v) is 21.3.